The first-order chi connectivity index (χ1) is 13.4. The minimum Gasteiger partial charge on any atom is -0.451 e. The lowest BCUT2D eigenvalue weighted by Crippen LogP contribution is -2.54. The lowest BCUT2D eigenvalue weighted by atomic mass is 9.84. The molecule has 1 unspecified atom stereocenters. The molecule has 3 heterocycles. The number of hydrogen-bond donors (Lipinski definition) is 1. The number of carbonyl (C=O) groups excluding carboxylic acids is 3. The van der Waals surface area contributed by atoms with Gasteiger partial charge in [0.25, 0.3) is 5.91 Å². The van der Waals surface area contributed by atoms with Gasteiger partial charge in [-0.2, -0.15) is 0 Å². The molecule has 2 aliphatic heterocycles. The van der Waals surface area contributed by atoms with Crippen molar-refractivity contribution in [2.24, 2.45) is 0 Å². The Hall–Kier alpha value is -2.83. The van der Waals surface area contributed by atoms with Crippen LogP contribution in [0.25, 0.3) is 11.0 Å². The highest BCUT2D eigenvalue weighted by Crippen LogP contribution is 2.40. The van der Waals surface area contributed by atoms with Gasteiger partial charge in [-0.25, -0.2) is 0 Å². The normalized spacial score (nSPS) is 21.3. The molecule has 2 aromatic rings. The standard InChI is InChI=1S/C21H25N3O4/c1-14(25)22-17-12-21(7-9-23(10-8-21)15(2)26)24(13-17)20(27)19-11-16-5-3-4-6-18(16)28-19/h3-6,11,17H,7-10,12-13H2,1-2H3,(H,22,25). The van der Waals surface area contributed by atoms with E-state index in [0.717, 1.165) is 5.39 Å². The minimum atomic E-state index is -0.366. The van der Waals surface area contributed by atoms with Crippen molar-refractivity contribution in [1.82, 2.24) is 15.1 Å². The molecule has 0 radical (unpaired) electrons. The van der Waals surface area contributed by atoms with E-state index in [0.29, 0.717) is 50.2 Å². The van der Waals surface area contributed by atoms with E-state index in [9.17, 15) is 14.4 Å². The Balaban J connectivity index is 1.62. The molecule has 0 bridgehead atoms. The van der Waals surface area contributed by atoms with Crippen molar-refractivity contribution in [2.75, 3.05) is 19.6 Å². The molecule has 7 heteroatoms. The van der Waals surface area contributed by atoms with Crippen molar-refractivity contribution in [3.63, 3.8) is 0 Å². The summed E-state index contributed by atoms with van der Waals surface area (Å²) >= 11 is 0. The van der Waals surface area contributed by atoms with Gasteiger partial charge in [0.05, 0.1) is 0 Å². The maximum absolute atomic E-state index is 13.4. The van der Waals surface area contributed by atoms with Gasteiger partial charge in [-0.05, 0) is 31.4 Å². The average molecular weight is 383 g/mol. The third kappa shape index (κ3) is 3.25. The van der Waals surface area contributed by atoms with Crippen LogP contribution in [-0.2, 0) is 9.59 Å². The van der Waals surface area contributed by atoms with Crippen LogP contribution in [0, 0.1) is 0 Å². The maximum Gasteiger partial charge on any atom is 0.290 e. The third-order valence-electron chi connectivity index (χ3n) is 6.03. The summed E-state index contributed by atoms with van der Waals surface area (Å²) in [5.74, 6) is 0.124. The van der Waals surface area contributed by atoms with E-state index >= 15 is 0 Å². The summed E-state index contributed by atoms with van der Waals surface area (Å²) in [7, 11) is 0. The zero-order valence-electron chi connectivity index (χ0n) is 16.2. The molecule has 1 N–H and O–H groups in total. The predicted molar refractivity (Wildman–Crippen MR) is 104 cm³/mol. The summed E-state index contributed by atoms with van der Waals surface area (Å²) in [6.45, 7) is 4.76. The summed E-state index contributed by atoms with van der Waals surface area (Å²) in [6.07, 6.45) is 2.10. The largest absolute Gasteiger partial charge is 0.451 e. The van der Waals surface area contributed by atoms with Gasteiger partial charge < -0.3 is 19.5 Å². The van der Waals surface area contributed by atoms with E-state index in [1.54, 1.807) is 13.0 Å². The Morgan fingerprint density at radius 3 is 2.50 bits per heavy atom. The fraction of sp³-hybridized carbons (Fsp3) is 0.476. The lowest BCUT2D eigenvalue weighted by Gasteiger charge is -2.44. The van der Waals surface area contributed by atoms with E-state index in [-0.39, 0.29) is 29.3 Å². The van der Waals surface area contributed by atoms with E-state index in [4.69, 9.17) is 4.42 Å². The number of carbonyl (C=O) groups is 3. The summed E-state index contributed by atoms with van der Waals surface area (Å²) in [6, 6.07) is 9.24. The van der Waals surface area contributed by atoms with Crippen LogP contribution < -0.4 is 5.32 Å². The quantitative estimate of drug-likeness (QED) is 0.862. The highest BCUT2D eigenvalue weighted by molar-refractivity contribution is 5.96. The maximum atomic E-state index is 13.4. The Labute approximate surface area is 163 Å². The second-order valence-corrected chi connectivity index (χ2v) is 7.90. The van der Waals surface area contributed by atoms with E-state index in [1.807, 2.05) is 34.1 Å². The zero-order valence-corrected chi connectivity index (χ0v) is 16.2. The van der Waals surface area contributed by atoms with Crippen molar-refractivity contribution < 1.29 is 18.8 Å². The molecular formula is C21H25N3O4. The summed E-state index contributed by atoms with van der Waals surface area (Å²) in [4.78, 5) is 40.4. The molecule has 148 valence electrons. The van der Waals surface area contributed by atoms with Gasteiger partial charge in [0.15, 0.2) is 5.76 Å². The molecule has 2 saturated heterocycles. The number of para-hydroxylation sites is 1. The summed E-state index contributed by atoms with van der Waals surface area (Å²) in [5, 5.41) is 3.86. The first kappa shape index (κ1) is 18.5. The zero-order chi connectivity index (χ0) is 19.9. The van der Waals surface area contributed by atoms with Crippen LogP contribution in [0.15, 0.2) is 34.7 Å². The fourth-order valence-electron chi connectivity index (χ4n) is 4.66. The number of likely N-dealkylation sites (tertiary alicyclic amines) is 2. The van der Waals surface area contributed by atoms with Crippen LogP contribution in [0.5, 0.6) is 0 Å². The highest BCUT2D eigenvalue weighted by atomic mass is 16.3. The highest BCUT2D eigenvalue weighted by Gasteiger charge is 2.50. The van der Waals surface area contributed by atoms with Crippen LogP contribution in [0.4, 0.5) is 0 Å². The number of hydrogen-bond acceptors (Lipinski definition) is 4. The molecular weight excluding hydrogens is 358 g/mol. The number of nitrogens with one attached hydrogen (secondary N) is 1. The van der Waals surface area contributed by atoms with Crippen LogP contribution in [0.1, 0.15) is 43.7 Å². The second kappa shape index (κ2) is 6.96. The number of furan rings is 1. The molecule has 3 amide bonds. The van der Waals surface area contributed by atoms with Crippen molar-refractivity contribution in [3.05, 3.63) is 36.1 Å². The van der Waals surface area contributed by atoms with Crippen LogP contribution in [0.2, 0.25) is 0 Å². The monoisotopic (exact) mass is 383 g/mol. The van der Waals surface area contributed by atoms with E-state index < -0.39 is 0 Å². The van der Waals surface area contributed by atoms with Gasteiger partial charge in [0, 0.05) is 50.4 Å². The molecule has 1 aromatic carbocycles. The molecule has 4 rings (SSSR count). The van der Waals surface area contributed by atoms with Gasteiger partial charge in [-0.1, -0.05) is 18.2 Å². The molecule has 0 saturated carbocycles. The molecule has 7 nitrogen and oxygen atoms in total. The smallest absolute Gasteiger partial charge is 0.290 e. The average Bonchev–Trinajstić information content (AvgIpc) is 3.23. The number of piperidine rings is 1. The van der Waals surface area contributed by atoms with Crippen molar-refractivity contribution in [2.45, 2.75) is 44.7 Å². The SMILES string of the molecule is CC(=O)NC1CN(C(=O)c2cc3ccccc3o2)C2(CCN(C(C)=O)CC2)C1. The third-order valence-corrected chi connectivity index (χ3v) is 6.03. The molecule has 0 aliphatic carbocycles. The van der Waals surface area contributed by atoms with Crippen molar-refractivity contribution in [1.29, 1.82) is 0 Å². The lowest BCUT2D eigenvalue weighted by molar-refractivity contribution is -0.131. The molecule has 2 fully saturated rings. The van der Waals surface area contributed by atoms with Crippen LogP contribution in [0.3, 0.4) is 0 Å². The topological polar surface area (TPSA) is 82.9 Å². The van der Waals surface area contributed by atoms with Crippen molar-refractivity contribution in [3.8, 4) is 0 Å². The number of amides is 3. The summed E-state index contributed by atoms with van der Waals surface area (Å²) in [5.41, 5.74) is 0.318. The van der Waals surface area contributed by atoms with Crippen LogP contribution in [-0.4, -0.2) is 58.7 Å². The van der Waals surface area contributed by atoms with Crippen molar-refractivity contribution >= 4 is 28.7 Å². The number of nitrogens with zero attached hydrogens (tertiary/aromatic N) is 2. The van der Waals surface area contributed by atoms with E-state index in [2.05, 4.69) is 5.32 Å². The van der Waals surface area contributed by atoms with Gasteiger partial charge in [0.2, 0.25) is 11.8 Å². The second-order valence-electron chi connectivity index (χ2n) is 7.90. The predicted octanol–water partition coefficient (Wildman–Crippen LogP) is 2.16. The van der Waals surface area contributed by atoms with Gasteiger partial charge >= 0.3 is 0 Å². The molecule has 1 atom stereocenters. The van der Waals surface area contributed by atoms with Crippen LogP contribution >= 0.6 is 0 Å². The van der Waals surface area contributed by atoms with Gasteiger partial charge in [0.1, 0.15) is 5.58 Å². The molecule has 2 aliphatic rings. The number of benzene rings is 1. The Kier molecular flexibility index (Phi) is 4.61. The minimum absolute atomic E-state index is 0.0569. The fourth-order valence-corrected chi connectivity index (χ4v) is 4.66. The van der Waals surface area contributed by atoms with E-state index in [1.165, 1.54) is 6.92 Å². The molecule has 28 heavy (non-hydrogen) atoms. The number of fused-ring (bicyclic) bond motifs is 1. The Bertz CT molecular complexity index is 894. The Morgan fingerprint density at radius 1 is 1.14 bits per heavy atom. The first-order valence-electron chi connectivity index (χ1n) is 9.71. The van der Waals surface area contributed by atoms with Gasteiger partial charge in [-0.15, -0.1) is 0 Å². The first-order valence-corrected chi connectivity index (χ1v) is 9.71. The summed E-state index contributed by atoms with van der Waals surface area (Å²) < 4.78 is 5.81. The Morgan fingerprint density at radius 2 is 1.86 bits per heavy atom. The number of rotatable bonds is 2. The van der Waals surface area contributed by atoms with Gasteiger partial charge in [-0.3, -0.25) is 14.4 Å². The molecule has 1 spiro atoms. The molecule has 1 aromatic heterocycles.